The van der Waals surface area contributed by atoms with Gasteiger partial charge in [0.25, 0.3) is 5.91 Å². The van der Waals surface area contributed by atoms with Crippen LogP contribution in [0.1, 0.15) is 31.0 Å². The lowest BCUT2D eigenvalue weighted by atomic mass is 10.0. The van der Waals surface area contributed by atoms with Gasteiger partial charge in [-0.2, -0.15) is 0 Å². The van der Waals surface area contributed by atoms with Crippen molar-refractivity contribution in [3.05, 3.63) is 59.7 Å². The Kier molecular flexibility index (Phi) is 4.51. The van der Waals surface area contributed by atoms with Gasteiger partial charge in [0, 0.05) is 0 Å². The molecule has 0 radical (unpaired) electrons. The molecule has 2 atom stereocenters. The number of hydrogen-bond donors (Lipinski definition) is 1. The topological polar surface area (TPSA) is 47.6 Å². The Hall–Kier alpha value is -2.49. The summed E-state index contributed by atoms with van der Waals surface area (Å²) in [6.45, 7) is 4.32. The van der Waals surface area contributed by atoms with E-state index in [-0.39, 0.29) is 18.6 Å². The van der Waals surface area contributed by atoms with Crippen molar-refractivity contribution in [2.75, 3.05) is 6.61 Å². The first-order valence-electron chi connectivity index (χ1n) is 7.95. The summed E-state index contributed by atoms with van der Waals surface area (Å²) in [4.78, 5) is 12.4. The summed E-state index contributed by atoms with van der Waals surface area (Å²) in [6.07, 6.45) is 0.385. The van der Waals surface area contributed by atoms with E-state index in [1.807, 2.05) is 31.2 Å². The van der Waals surface area contributed by atoms with Crippen LogP contribution in [-0.2, 0) is 11.2 Å². The Balaban J connectivity index is 1.62. The molecule has 0 saturated heterocycles. The fraction of sp³-hybridized carbons (Fsp3) is 0.316. The number of fused-ring (bicyclic) bond motifs is 1. The van der Waals surface area contributed by atoms with Gasteiger partial charge in [-0.05, 0) is 36.6 Å². The Bertz CT molecular complexity index is 681. The van der Waals surface area contributed by atoms with Crippen molar-refractivity contribution in [1.82, 2.24) is 5.32 Å². The Morgan fingerprint density at radius 2 is 1.87 bits per heavy atom. The molecule has 0 spiro atoms. The van der Waals surface area contributed by atoms with Crippen molar-refractivity contribution in [1.29, 1.82) is 0 Å². The van der Waals surface area contributed by atoms with Gasteiger partial charge in [-0.3, -0.25) is 4.79 Å². The summed E-state index contributed by atoms with van der Waals surface area (Å²) in [5, 5.41) is 2.99. The fourth-order valence-electron chi connectivity index (χ4n) is 2.58. The molecule has 1 N–H and O–H groups in total. The Morgan fingerprint density at radius 3 is 2.57 bits per heavy atom. The molecular formula is C19H21NO3. The van der Waals surface area contributed by atoms with Crippen LogP contribution in [0.4, 0.5) is 0 Å². The van der Waals surface area contributed by atoms with Gasteiger partial charge in [-0.15, -0.1) is 0 Å². The summed E-state index contributed by atoms with van der Waals surface area (Å²) in [5.41, 5.74) is 2.36. The van der Waals surface area contributed by atoms with Crippen LogP contribution in [-0.4, -0.2) is 18.6 Å². The lowest BCUT2D eigenvalue weighted by Crippen LogP contribution is -2.44. The van der Waals surface area contributed by atoms with Crippen molar-refractivity contribution in [2.24, 2.45) is 0 Å². The average Bonchev–Trinajstić information content (AvgIpc) is 2.61. The maximum atomic E-state index is 12.4. The molecule has 0 aliphatic carbocycles. The van der Waals surface area contributed by atoms with Crippen molar-refractivity contribution in [3.8, 4) is 11.5 Å². The lowest BCUT2D eigenvalue weighted by Gasteiger charge is -2.26. The van der Waals surface area contributed by atoms with Gasteiger partial charge in [0.05, 0.1) is 6.04 Å². The van der Waals surface area contributed by atoms with Gasteiger partial charge in [-0.1, -0.05) is 43.3 Å². The minimum atomic E-state index is -0.623. The molecule has 1 amide bonds. The van der Waals surface area contributed by atoms with E-state index in [1.165, 1.54) is 5.56 Å². The molecule has 2 aromatic carbocycles. The smallest absolute Gasteiger partial charge is 0.265 e. The standard InChI is InChI=1S/C19H21NO3/c1-3-14-8-10-15(11-9-14)13(2)20-19(21)18-12-22-16-6-4-5-7-17(16)23-18/h4-11,13,18H,3,12H2,1-2H3,(H,20,21)/t13-,18-/m1/s1. The quantitative estimate of drug-likeness (QED) is 0.943. The van der Waals surface area contributed by atoms with Crippen LogP contribution in [0, 0.1) is 0 Å². The van der Waals surface area contributed by atoms with E-state index in [4.69, 9.17) is 9.47 Å². The van der Waals surface area contributed by atoms with Crippen molar-refractivity contribution < 1.29 is 14.3 Å². The number of benzene rings is 2. The zero-order valence-corrected chi connectivity index (χ0v) is 13.4. The molecule has 0 fully saturated rings. The summed E-state index contributed by atoms with van der Waals surface area (Å²) < 4.78 is 11.3. The lowest BCUT2D eigenvalue weighted by molar-refractivity contribution is -0.131. The molecule has 0 bridgehead atoms. The summed E-state index contributed by atoms with van der Waals surface area (Å²) in [5.74, 6) is 1.13. The van der Waals surface area contributed by atoms with Crippen LogP contribution in [0.15, 0.2) is 48.5 Å². The molecule has 120 valence electrons. The third kappa shape index (κ3) is 3.47. The largest absolute Gasteiger partial charge is 0.485 e. The predicted octanol–water partition coefficient (Wildman–Crippen LogP) is 3.27. The number of aryl methyl sites for hydroxylation is 1. The minimum absolute atomic E-state index is 0.0748. The van der Waals surface area contributed by atoms with Crippen molar-refractivity contribution in [3.63, 3.8) is 0 Å². The zero-order chi connectivity index (χ0) is 16.2. The van der Waals surface area contributed by atoms with Crippen molar-refractivity contribution in [2.45, 2.75) is 32.4 Å². The highest BCUT2D eigenvalue weighted by atomic mass is 16.6. The molecule has 1 aliphatic rings. The molecule has 4 heteroatoms. The fourth-order valence-corrected chi connectivity index (χ4v) is 2.58. The van der Waals surface area contributed by atoms with Crippen LogP contribution < -0.4 is 14.8 Å². The monoisotopic (exact) mass is 311 g/mol. The van der Waals surface area contributed by atoms with Crippen LogP contribution in [0.5, 0.6) is 11.5 Å². The molecule has 0 aromatic heterocycles. The third-order valence-electron chi connectivity index (χ3n) is 4.05. The third-order valence-corrected chi connectivity index (χ3v) is 4.05. The highest BCUT2D eigenvalue weighted by Gasteiger charge is 2.28. The number of hydrogen-bond acceptors (Lipinski definition) is 3. The molecule has 2 aromatic rings. The molecule has 4 nitrogen and oxygen atoms in total. The normalized spacial score (nSPS) is 17.4. The number of carbonyl (C=O) groups is 1. The van der Waals surface area contributed by atoms with Gasteiger partial charge in [-0.25, -0.2) is 0 Å². The highest BCUT2D eigenvalue weighted by molar-refractivity contribution is 5.82. The first-order valence-corrected chi connectivity index (χ1v) is 7.95. The van der Waals surface area contributed by atoms with Gasteiger partial charge in [0.2, 0.25) is 6.10 Å². The van der Waals surface area contributed by atoms with E-state index in [9.17, 15) is 4.79 Å². The van der Waals surface area contributed by atoms with Crippen LogP contribution in [0.25, 0.3) is 0 Å². The number of amides is 1. The van der Waals surface area contributed by atoms with Gasteiger partial charge >= 0.3 is 0 Å². The van der Waals surface area contributed by atoms with Gasteiger partial charge in [0.1, 0.15) is 6.61 Å². The predicted molar refractivity (Wildman–Crippen MR) is 88.7 cm³/mol. The zero-order valence-electron chi connectivity index (χ0n) is 13.4. The molecular weight excluding hydrogens is 290 g/mol. The van der Waals surface area contributed by atoms with E-state index in [0.29, 0.717) is 11.5 Å². The van der Waals surface area contributed by atoms with E-state index in [0.717, 1.165) is 12.0 Å². The number of carbonyl (C=O) groups excluding carboxylic acids is 1. The van der Waals surface area contributed by atoms with E-state index >= 15 is 0 Å². The summed E-state index contributed by atoms with van der Waals surface area (Å²) in [6, 6.07) is 15.6. The summed E-state index contributed by atoms with van der Waals surface area (Å²) >= 11 is 0. The Morgan fingerprint density at radius 1 is 1.17 bits per heavy atom. The second kappa shape index (κ2) is 6.73. The van der Waals surface area contributed by atoms with Gasteiger partial charge < -0.3 is 14.8 Å². The second-order valence-electron chi connectivity index (χ2n) is 5.69. The number of para-hydroxylation sites is 2. The van der Waals surface area contributed by atoms with Crippen LogP contribution >= 0.6 is 0 Å². The van der Waals surface area contributed by atoms with E-state index in [1.54, 1.807) is 0 Å². The minimum Gasteiger partial charge on any atom is -0.485 e. The SMILES string of the molecule is CCc1ccc([C@@H](C)NC(=O)[C@H]2COc3ccccc3O2)cc1. The first kappa shape index (κ1) is 15.4. The van der Waals surface area contributed by atoms with Crippen LogP contribution in [0.2, 0.25) is 0 Å². The molecule has 1 aliphatic heterocycles. The Labute approximate surface area is 136 Å². The summed E-state index contributed by atoms with van der Waals surface area (Å²) in [7, 11) is 0. The maximum absolute atomic E-state index is 12.4. The second-order valence-corrected chi connectivity index (χ2v) is 5.69. The molecule has 1 heterocycles. The number of rotatable bonds is 4. The van der Waals surface area contributed by atoms with Gasteiger partial charge in [0.15, 0.2) is 11.5 Å². The molecule has 3 rings (SSSR count). The van der Waals surface area contributed by atoms with Crippen molar-refractivity contribution >= 4 is 5.91 Å². The van der Waals surface area contributed by atoms with Crippen LogP contribution in [0.3, 0.4) is 0 Å². The van der Waals surface area contributed by atoms with E-state index < -0.39 is 6.10 Å². The average molecular weight is 311 g/mol. The van der Waals surface area contributed by atoms with E-state index in [2.05, 4.69) is 36.5 Å². The molecule has 23 heavy (non-hydrogen) atoms. The molecule has 0 saturated carbocycles. The number of nitrogens with one attached hydrogen (secondary N) is 1. The maximum Gasteiger partial charge on any atom is 0.265 e. The number of ether oxygens (including phenoxy) is 2. The first-order chi connectivity index (χ1) is 11.2. The molecule has 0 unspecified atom stereocenters. The highest BCUT2D eigenvalue weighted by Crippen LogP contribution is 2.31.